The minimum atomic E-state index is 0.223. The van der Waals surface area contributed by atoms with Crippen LogP contribution < -0.4 is 10.1 Å². The van der Waals surface area contributed by atoms with Crippen LogP contribution in [0.5, 0.6) is 5.75 Å². The number of ether oxygens (including phenoxy) is 2. The van der Waals surface area contributed by atoms with Gasteiger partial charge in [-0.05, 0) is 38.6 Å². The van der Waals surface area contributed by atoms with Crippen LogP contribution in [0.2, 0.25) is 0 Å². The van der Waals surface area contributed by atoms with Crippen molar-refractivity contribution in [3.63, 3.8) is 0 Å². The molecule has 0 heterocycles. The van der Waals surface area contributed by atoms with Crippen LogP contribution in [0.4, 0.5) is 0 Å². The van der Waals surface area contributed by atoms with E-state index in [9.17, 15) is 0 Å². The van der Waals surface area contributed by atoms with Gasteiger partial charge in [-0.15, -0.1) is 0 Å². The zero-order valence-corrected chi connectivity index (χ0v) is 10.3. The Morgan fingerprint density at radius 3 is 2.69 bits per heavy atom. The van der Waals surface area contributed by atoms with Crippen LogP contribution in [0, 0.1) is 0 Å². The van der Waals surface area contributed by atoms with Crippen molar-refractivity contribution in [2.24, 2.45) is 0 Å². The van der Waals surface area contributed by atoms with Crippen molar-refractivity contribution < 1.29 is 9.47 Å². The van der Waals surface area contributed by atoms with E-state index < -0.39 is 0 Å². The van der Waals surface area contributed by atoms with Crippen molar-refractivity contribution in [3.05, 3.63) is 29.8 Å². The van der Waals surface area contributed by atoms with Crippen LogP contribution in [0.25, 0.3) is 0 Å². The van der Waals surface area contributed by atoms with E-state index in [1.165, 1.54) is 5.56 Å². The van der Waals surface area contributed by atoms with Gasteiger partial charge in [-0.25, -0.2) is 0 Å². The van der Waals surface area contributed by atoms with Gasteiger partial charge in [0.1, 0.15) is 5.75 Å². The molecule has 0 aliphatic carbocycles. The number of nitrogens with one attached hydrogen (secondary N) is 1. The Balaban J connectivity index is 2.71. The number of hydrogen-bond donors (Lipinski definition) is 1. The molecule has 3 heteroatoms. The van der Waals surface area contributed by atoms with E-state index in [4.69, 9.17) is 9.47 Å². The van der Waals surface area contributed by atoms with Crippen molar-refractivity contribution in [1.29, 1.82) is 0 Å². The number of rotatable bonds is 7. The maximum atomic E-state index is 5.48. The van der Waals surface area contributed by atoms with Gasteiger partial charge in [0.15, 0.2) is 0 Å². The molecular formula is C13H21NO2. The van der Waals surface area contributed by atoms with Crippen molar-refractivity contribution in [2.75, 3.05) is 26.9 Å². The quantitative estimate of drug-likeness (QED) is 0.770. The molecule has 1 unspecified atom stereocenters. The molecule has 0 spiro atoms. The Labute approximate surface area is 97.8 Å². The molecule has 0 saturated carbocycles. The van der Waals surface area contributed by atoms with Gasteiger partial charge in [0, 0.05) is 6.61 Å². The fraction of sp³-hybridized carbons (Fsp3) is 0.538. The second-order valence-corrected chi connectivity index (χ2v) is 3.51. The first-order valence-corrected chi connectivity index (χ1v) is 5.79. The van der Waals surface area contributed by atoms with E-state index in [2.05, 4.69) is 17.4 Å². The molecule has 0 amide bonds. The van der Waals surface area contributed by atoms with E-state index in [0.29, 0.717) is 13.2 Å². The Bertz CT molecular complexity index is 302. The minimum Gasteiger partial charge on any atom is -0.494 e. The molecule has 0 fully saturated rings. The smallest absolute Gasteiger partial charge is 0.119 e. The third-order valence-electron chi connectivity index (χ3n) is 2.41. The first kappa shape index (κ1) is 13.0. The molecule has 1 atom stereocenters. The maximum absolute atomic E-state index is 5.48. The second-order valence-electron chi connectivity index (χ2n) is 3.51. The molecule has 0 aliphatic rings. The van der Waals surface area contributed by atoms with Crippen molar-refractivity contribution in [2.45, 2.75) is 19.9 Å². The molecule has 0 bridgehead atoms. The van der Waals surface area contributed by atoms with Gasteiger partial charge in [-0.2, -0.15) is 0 Å². The SMILES string of the molecule is CCOCC(NC)c1cccc(OCC)c1. The highest BCUT2D eigenvalue weighted by Crippen LogP contribution is 2.19. The monoisotopic (exact) mass is 223 g/mol. The van der Waals surface area contributed by atoms with Crippen molar-refractivity contribution in [1.82, 2.24) is 5.32 Å². The summed E-state index contributed by atoms with van der Waals surface area (Å²) in [4.78, 5) is 0. The van der Waals surface area contributed by atoms with E-state index in [0.717, 1.165) is 12.4 Å². The topological polar surface area (TPSA) is 30.5 Å². The summed E-state index contributed by atoms with van der Waals surface area (Å²) < 4.78 is 10.9. The molecule has 0 radical (unpaired) electrons. The molecule has 1 N–H and O–H groups in total. The van der Waals surface area contributed by atoms with Gasteiger partial charge < -0.3 is 14.8 Å². The summed E-state index contributed by atoms with van der Waals surface area (Å²) in [6.45, 7) is 6.11. The number of hydrogen-bond acceptors (Lipinski definition) is 3. The predicted molar refractivity (Wildman–Crippen MR) is 65.9 cm³/mol. The molecule has 90 valence electrons. The van der Waals surface area contributed by atoms with Crippen LogP contribution in [0.3, 0.4) is 0 Å². The summed E-state index contributed by atoms with van der Waals surface area (Å²) in [6, 6.07) is 8.35. The molecule has 1 rings (SSSR count). The summed E-state index contributed by atoms with van der Waals surface area (Å²) in [5, 5.41) is 3.24. The van der Waals surface area contributed by atoms with E-state index >= 15 is 0 Å². The van der Waals surface area contributed by atoms with Gasteiger partial charge in [-0.1, -0.05) is 12.1 Å². The molecular weight excluding hydrogens is 202 g/mol. The first-order chi connectivity index (χ1) is 7.81. The molecule has 3 nitrogen and oxygen atoms in total. The highest BCUT2D eigenvalue weighted by Gasteiger charge is 2.09. The van der Waals surface area contributed by atoms with Crippen molar-refractivity contribution in [3.8, 4) is 5.75 Å². The van der Waals surface area contributed by atoms with Crippen LogP contribution >= 0.6 is 0 Å². The normalized spacial score (nSPS) is 12.4. The summed E-state index contributed by atoms with van der Waals surface area (Å²) in [7, 11) is 1.94. The zero-order valence-electron chi connectivity index (χ0n) is 10.3. The Kier molecular flexibility index (Phi) is 5.90. The Morgan fingerprint density at radius 1 is 1.25 bits per heavy atom. The minimum absolute atomic E-state index is 0.223. The lowest BCUT2D eigenvalue weighted by molar-refractivity contribution is 0.125. The van der Waals surface area contributed by atoms with Crippen molar-refractivity contribution >= 4 is 0 Å². The van der Waals surface area contributed by atoms with E-state index in [-0.39, 0.29) is 6.04 Å². The Morgan fingerprint density at radius 2 is 2.06 bits per heavy atom. The largest absolute Gasteiger partial charge is 0.494 e. The van der Waals surface area contributed by atoms with Gasteiger partial charge in [0.05, 0.1) is 19.3 Å². The predicted octanol–water partition coefficient (Wildman–Crippen LogP) is 2.38. The molecule has 16 heavy (non-hydrogen) atoms. The summed E-state index contributed by atoms with van der Waals surface area (Å²) in [5.41, 5.74) is 1.20. The number of likely N-dealkylation sites (N-methyl/N-ethyl adjacent to an activating group) is 1. The first-order valence-electron chi connectivity index (χ1n) is 5.79. The Hall–Kier alpha value is -1.06. The van der Waals surface area contributed by atoms with E-state index in [1.807, 2.05) is 33.0 Å². The van der Waals surface area contributed by atoms with Gasteiger partial charge >= 0.3 is 0 Å². The standard InChI is InChI=1S/C13H21NO2/c1-4-15-10-13(14-3)11-7-6-8-12(9-11)16-5-2/h6-9,13-14H,4-5,10H2,1-3H3. The molecule has 0 aromatic heterocycles. The molecule has 1 aromatic rings. The summed E-state index contributed by atoms with van der Waals surface area (Å²) in [5.74, 6) is 0.914. The number of benzene rings is 1. The zero-order chi connectivity index (χ0) is 11.8. The third-order valence-corrected chi connectivity index (χ3v) is 2.41. The highest BCUT2D eigenvalue weighted by atomic mass is 16.5. The fourth-order valence-electron chi connectivity index (χ4n) is 1.57. The summed E-state index contributed by atoms with van der Waals surface area (Å²) in [6.07, 6.45) is 0. The van der Waals surface area contributed by atoms with Crippen LogP contribution in [0.15, 0.2) is 24.3 Å². The highest BCUT2D eigenvalue weighted by molar-refractivity contribution is 5.30. The summed E-state index contributed by atoms with van der Waals surface area (Å²) >= 11 is 0. The van der Waals surface area contributed by atoms with Gasteiger partial charge in [-0.3, -0.25) is 0 Å². The molecule has 0 aliphatic heterocycles. The second kappa shape index (κ2) is 7.25. The molecule has 0 saturated heterocycles. The van der Waals surface area contributed by atoms with Gasteiger partial charge in [0.25, 0.3) is 0 Å². The average molecular weight is 223 g/mol. The van der Waals surface area contributed by atoms with Gasteiger partial charge in [0.2, 0.25) is 0 Å². The average Bonchev–Trinajstić information content (AvgIpc) is 2.31. The molecule has 1 aromatic carbocycles. The fourth-order valence-corrected chi connectivity index (χ4v) is 1.57. The lowest BCUT2D eigenvalue weighted by Crippen LogP contribution is -2.21. The third kappa shape index (κ3) is 3.83. The van der Waals surface area contributed by atoms with Crippen LogP contribution in [-0.4, -0.2) is 26.9 Å². The van der Waals surface area contributed by atoms with E-state index in [1.54, 1.807) is 0 Å². The maximum Gasteiger partial charge on any atom is 0.119 e. The van der Waals surface area contributed by atoms with Crippen LogP contribution in [-0.2, 0) is 4.74 Å². The lowest BCUT2D eigenvalue weighted by Gasteiger charge is -2.17. The van der Waals surface area contributed by atoms with Crippen LogP contribution in [0.1, 0.15) is 25.5 Å². The lowest BCUT2D eigenvalue weighted by atomic mass is 10.1.